The standard InChI is InChI=1S/C18H16N2/c1-13-7-5-11-17(19-13)15-9-3-4-10-16(15)18-12-6-8-14(2)20-18/h3-12H,1-2H3. The second-order valence-corrected chi connectivity index (χ2v) is 4.87. The van der Waals surface area contributed by atoms with Crippen LogP contribution in [0.15, 0.2) is 60.7 Å². The SMILES string of the molecule is Cc1cccc(-c2ccccc2-c2cccc(C)n2)n1. The van der Waals surface area contributed by atoms with Gasteiger partial charge in [-0.25, -0.2) is 0 Å². The van der Waals surface area contributed by atoms with E-state index in [0.29, 0.717) is 0 Å². The molecule has 0 spiro atoms. The van der Waals surface area contributed by atoms with Crippen molar-refractivity contribution in [3.63, 3.8) is 0 Å². The summed E-state index contributed by atoms with van der Waals surface area (Å²) in [4.78, 5) is 9.25. The monoisotopic (exact) mass is 260 g/mol. The first-order valence-corrected chi connectivity index (χ1v) is 6.71. The maximum Gasteiger partial charge on any atom is 0.0711 e. The molecule has 20 heavy (non-hydrogen) atoms. The first-order chi connectivity index (χ1) is 9.74. The zero-order valence-electron chi connectivity index (χ0n) is 11.7. The first kappa shape index (κ1) is 12.5. The molecule has 0 aliphatic heterocycles. The molecule has 0 saturated carbocycles. The number of pyridine rings is 2. The predicted octanol–water partition coefficient (Wildman–Crippen LogP) is 4.43. The van der Waals surface area contributed by atoms with Crippen LogP contribution in [0.25, 0.3) is 22.5 Å². The molecule has 98 valence electrons. The highest BCUT2D eigenvalue weighted by Gasteiger charge is 2.09. The molecular formula is C18H16N2. The fraction of sp³-hybridized carbons (Fsp3) is 0.111. The number of rotatable bonds is 2. The molecule has 2 heteroatoms. The molecule has 0 aliphatic rings. The van der Waals surface area contributed by atoms with Gasteiger partial charge >= 0.3 is 0 Å². The van der Waals surface area contributed by atoms with E-state index in [4.69, 9.17) is 0 Å². The lowest BCUT2D eigenvalue weighted by atomic mass is 10.0. The summed E-state index contributed by atoms with van der Waals surface area (Å²) in [6.45, 7) is 4.02. The van der Waals surface area contributed by atoms with E-state index in [-0.39, 0.29) is 0 Å². The molecule has 0 unspecified atom stereocenters. The number of hydrogen-bond acceptors (Lipinski definition) is 2. The third kappa shape index (κ3) is 2.45. The molecule has 1 aromatic carbocycles. The van der Waals surface area contributed by atoms with Crippen LogP contribution in [-0.2, 0) is 0 Å². The van der Waals surface area contributed by atoms with Gasteiger partial charge in [0.1, 0.15) is 0 Å². The lowest BCUT2D eigenvalue weighted by Gasteiger charge is -2.09. The topological polar surface area (TPSA) is 25.8 Å². The fourth-order valence-electron chi connectivity index (χ4n) is 2.32. The molecule has 2 aromatic heterocycles. The van der Waals surface area contributed by atoms with Crippen molar-refractivity contribution >= 4 is 0 Å². The number of hydrogen-bond donors (Lipinski definition) is 0. The first-order valence-electron chi connectivity index (χ1n) is 6.71. The Labute approximate surface area is 119 Å². The van der Waals surface area contributed by atoms with Crippen LogP contribution in [0.5, 0.6) is 0 Å². The van der Waals surface area contributed by atoms with Gasteiger partial charge in [-0.2, -0.15) is 0 Å². The van der Waals surface area contributed by atoms with E-state index < -0.39 is 0 Å². The Balaban J connectivity index is 2.18. The molecule has 3 rings (SSSR count). The highest BCUT2D eigenvalue weighted by atomic mass is 14.7. The Morgan fingerprint density at radius 1 is 0.550 bits per heavy atom. The van der Waals surface area contributed by atoms with Crippen molar-refractivity contribution in [3.05, 3.63) is 72.1 Å². The van der Waals surface area contributed by atoms with Gasteiger partial charge in [0.15, 0.2) is 0 Å². The number of benzene rings is 1. The summed E-state index contributed by atoms with van der Waals surface area (Å²) in [6.07, 6.45) is 0. The third-order valence-corrected chi connectivity index (χ3v) is 3.26. The maximum absolute atomic E-state index is 4.62. The smallest absolute Gasteiger partial charge is 0.0711 e. The highest BCUT2D eigenvalue weighted by Crippen LogP contribution is 2.29. The Morgan fingerprint density at radius 3 is 1.40 bits per heavy atom. The number of aromatic nitrogens is 2. The molecular weight excluding hydrogens is 244 g/mol. The molecule has 0 amide bonds. The summed E-state index contributed by atoms with van der Waals surface area (Å²) in [6, 6.07) is 20.5. The lowest BCUT2D eigenvalue weighted by Crippen LogP contribution is -1.92. The molecule has 0 radical (unpaired) electrons. The molecule has 0 saturated heterocycles. The summed E-state index contributed by atoms with van der Waals surface area (Å²) >= 11 is 0. The zero-order valence-corrected chi connectivity index (χ0v) is 11.7. The van der Waals surface area contributed by atoms with Gasteiger partial charge < -0.3 is 0 Å². The van der Waals surface area contributed by atoms with Crippen molar-refractivity contribution in [2.75, 3.05) is 0 Å². The van der Waals surface area contributed by atoms with Gasteiger partial charge in [0.25, 0.3) is 0 Å². The normalized spacial score (nSPS) is 10.5. The summed E-state index contributed by atoms with van der Waals surface area (Å²) < 4.78 is 0. The van der Waals surface area contributed by atoms with Crippen molar-refractivity contribution in [3.8, 4) is 22.5 Å². The molecule has 0 atom stereocenters. The predicted molar refractivity (Wildman–Crippen MR) is 82.4 cm³/mol. The molecule has 0 N–H and O–H groups in total. The second-order valence-electron chi connectivity index (χ2n) is 4.87. The quantitative estimate of drug-likeness (QED) is 0.681. The van der Waals surface area contributed by atoms with Crippen LogP contribution in [0, 0.1) is 13.8 Å². The summed E-state index contributed by atoms with van der Waals surface area (Å²) in [5.74, 6) is 0. The van der Waals surface area contributed by atoms with Crippen molar-refractivity contribution in [2.24, 2.45) is 0 Å². The molecule has 0 bridgehead atoms. The van der Waals surface area contributed by atoms with Crippen LogP contribution in [0.1, 0.15) is 11.4 Å². The number of aryl methyl sites for hydroxylation is 2. The van der Waals surface area contributed by atoms with Crippen LogP contribution in [-0.4, -0.2) is 9.97 Å². The average molecular weight is 260 g/mol. The van der Waals surface area contributed by atoms with Crippen LogP contribution in [0.3, 0.4) is 0 Å². The van der Waals surface area contributed by atoms with E-state index in [9.17, 15) is 0 Å². The zero-order chi connectivity index (χ0) is 13.9. The van der Waals surface area contributed by atoms with E-state index in [0.717, 1.165) is 33.9 Å². The molecule has 0 fully saturated rings. The summed E-state index contributed by atoms with van der Waals surface area (Å²) in [5.41, 5.74) is 6.26. The Kier molecular flexibility index (Phi) is 3.30. The largest absolute Gasteiger partial charge is 0.253 e. The van der Waals surface area contributed by atoms with E-state index >= 15 is 0 Å². The van der Waals surface area contributed by atoms with Gasteiger partial charge in [0.2, 0.25) is 0 Å². The minimum atomic E-state index is 0.990. The second kappa shape index (κ2) is 5.25. The van der Waals surface area contributed by atoms with Crippen LogP contribution >= 0.6 is 0 Å². The average Bonchev–Trinajstić information content (AvgIpc) is 2.47. The van der Waals surface area contributed by atoms with Crippen LogP contribution < -0.4 is 0 Å². The molecule has 0 aliphatic carbocycles. The van der Waals surface area contributed by atoms with Crippen molar-refractivity contribution < 1.29 is 0 Å². The van der Waals surface area contributed by atoms with Crippen molar-refractivity contribution in [1.82, 2.24) is 9.97 Å². The van der Waals surface area contributed by atoms with Crippen LogP contribution in [0.4, 0.5) is 0 Å². The van der Waals surface area contributed by atoms with E-state index in [1.807, 2.05) is 62.4 Å². The van der Waals surface area contributed by atoms with Gasteiger partial charge in [-0.05, 0) is 38.1 Å². The maximum atomic E-state index is 4.62. The third-order valence-electron chi connectivity index (χ3n) is 3.26. The lowest BCUT2D eigenvalue weighted by molar-refractivity contribution is 1.19. The number of nitrogens with zero attached hydrogens (tertiary/aromatic N) is 2. The summed E-state index contributed by atoms with van der Waals surface area (Å²) in [5, 5.41) is 0. The van der Waals surface area contributed by atoms with Gasteiger partial charge in [-0.15, -0.1) is 0 Å². The van der Waals surface area contributed by atoms with Crippen LogP contribution in [0.2, 0.25) is 0 Å². The minimum absolute atomic E-state index is 0.990. The summed E-state index contributed by atoms with van der Waals surface area (Å²) in [7, 11) is 0. The van der Waals surface area contributed by atoms with Crippen molar-refractivity contribution in [1.29, 1.82) is 0 Å². The van der Waals surface area contributed by atoms with Gasteiger partial charge in [-0.3, -0.25) is 9.97 Å². The minimum Gasteiger partial charge on any atom is -0.253 e. The van der Waals surface area contributed by atoms with Gasteiger partial charge in [0.05, 0.1) is 11.4 Å². The van der Waals surface area contributed by atoms with E-state index in [2.05, 4.69) is 22.1 Å². The Morgan fingerprint density at radius 2 is 1.00 bits per heavy atom. The molecule has 2 heterocycles. The van der Waals surface area contributed by atoms with E-state index in [1.165, 1.54) is 0 Å². The van der Waals surface area contributed by atoms with Crippen molar-refractivity contribution in [2.45, 2.75) is 13.8 Å². The molecule has 3 aromatic rings. The Bertz CT molecular complexity index is 683. The fourth-order valence-corrected chi connectivity index (χ4v) is 2.32. The van der Waals surface area contributed by atoms with Gasteiger partial charge in [0, 0.05) is 22.5 Å². The van der Waals surface area contributed by atoms with Gasteiger partial charge in [-0.1, -0.05) is 36.4 Å². The Hall–Kier alpha value is -2.48. The highest BCUT2D eigenvalue weighted by molar-refractivity contribution is 5.80. The molecule has 2 nitrogen and oxygen atoms in total. The van der Waals surface area contributed by atoms with E-state index in [1.54, 1.807) is 0 Å².